The molecule has 0 saturated carbocycles. The van der Waals surface area contributed by atoms with E-state index in [1.807, 2.05) is 27.0 Å². The first-order valence-electron chi connectivity index (χ1n) is 6.84. The highest BCUT2D eigenvalue weighted by atomic mass is 32.1. The fraction of sp³-hybridized carbons (Fsp3) is 0.267. The lowest BCUT2D eigenvalue weighted by molar-refractivity contribution is -0.122. The monoisotopic (exact) mass is 316 g/mol. The Hall–Kier alpha value is -2.41. The molecule has 0 aliphatic carbocycles. The molecule has 1 aliphatic heterocycles. The largest absolute Gasteiger partial charge is 0.467 e. The molecule has 22 heavy (non-hydrogen) atoms. The summed E-state index contributed by atoms with van der Waals surface area (Å²) in [5.41, 5.74) is 3.25. The maximum Gasteiger partial charge on any atom is 0.276 e. The lowest BCUT2D eigenvalue weighted by Crippen LogP contribution is -2.29. The number of furan rings is 1. The summed E-state index contributed by atoms with van der Waals surface area (Å²) in [4.78, 5) is 14.0. The Kier molecular flexibility index (Phi) is 3.58. The number of aromatic nitrogens is 2. The van der Waals surface area contributed by atoms with E-state index in [1.54, 1.807) is 23.1 Å². The zero-order valence-corrected chi connectivity index (χ0v) is 13.4. The quantitative estimate of drug-likeness (QED) is 0.692. The Balaban J connectivity index is 1.89. The minimum absolute atomic E-state index is 0.163. The van der Waals surface area contributed by atoms with Crippen LogP contribution in [0, 0.1) is 13.8 Å². The lowest BCUT2D eigenvalue weighted by Gasteiger charge is -2.11. The van der Waals surface area contributed by atoms with E-state index in [9.17, 15) is 4.79 Å². The van der Waals surface area contributed by atoms with E-state index in [2.05, 4.69) is 10.4 Å². The van der Waals surface area contributed by atoms with Crippen molar-refractivity contribution < 1.29 is 9.21 Å². The second-order valence-corrected chi connectivity index (χ2v) is 5.55. The number of aryl methyl sites for hydroxylation is 2. The summed E-state index contributed by atoms with van der Waals surface area (Å²) < 4.78 is 7.06. The van der Waals surface area contributed by atoms with Gasteiger partial charge in [-0.15, -0.1) is 0 Å². The van der Waals surface area contributed by atoms with Gasteiger partial charge in [0, 0.05) is 18.3 Å². The smallest absolute Gasteiger partial charge is 0.276 e. The molecule has 114 valence electrons. The summed E-state index contributed by atoms with van der Waals surface area (Å²) in [5.74, 6) is 0.525. The Bertz CT molecular complexity index is 774. The highest BCUT2D eigenvalue weighted by molar-refractivity contribution is 7.80. The minimum atomic E-state index is -0.163. The van der Waals surface area contributed by atoms with Crippen molar-refractivity contribution >= 4 is 29.3 Å². The van der Waals surface area contributed by atoms with E-state index < -0.39 is 0 Å². The van der Waals surface area contributed by atoms with Crippen LogP contribution >= 0.6 is 12.2 Å². The van der Waals surface area contributed by atoms with Gasteiger partial charge in [-0.2, -0.15) is 5.10 Å². The minimum Gasteiger partial charge on any atom is -0.467 e. The van der Waals surface area contributed by atoms with Crippen LogP contribution in [0.1, 0.15) is 22.7 Å². The molecule has 3 rings (SSSR count). The van der Waals surface area contributed by atoms with Crippen LogP contribution < -0.4 is 5.32 Å². The van der Waals surface area contributed by atoms with E-state index in [0.717, 1.165) is 17.0 Å². The van der Waals surface area contributed by atoms with Crippen molar-refractivity contribution in [1.82, 2.24) is 20.0 Å². The van der Waals surface area contributed by atoms with Gasteiger partial charge < -0.3 is 9.73 Å². The summed E-state index contributed by atoms with van der Waals surface area (Å²) in [6, 6.07) is 3.60. The molecule has 0 bridgehead atoms. The first-order chi connectivity index (χ1) is 10.5. The van der Waals surface area contributed by atoms with Crippen LogP contribution in [0.2, 0.25) is 0 Å². The van der Waals surface area contributed by atoms with E-state index >= 15 is 0 Å². The number of amides is 1. The molecular formula is C15H16N4O2S. The third-order valence-corrected chi connectivity index (χ3v) is 4.03. The summed E-state index contributed by atoms with van der Waals surface area (Å²) in [6.07, 6.45) is 3.37. The first-order valence-corrected chi connectivity index (χ1v) is 7.25. The lowest BCUT2D eigenvalue weighted by atomic mass is 10.1. The normalized spacial score (nSPS) is 16.7. The second-order valence-electron chi connectivity index (χ2n) is 5.17. The molecule has 1 N–H and O–H groups in total. The van der Waals surface area contributed by atoms with Gasteiger partial charge in [0.15, 0.2) is 5.11 Å². The Morgan fingerprint density at radius 3 is 2.82 bits per heavy atom. The van der Waals surface area contributed by atoms with E-state index in [1.165, 1.54) is 4.90 Å². The predicted octanol–water partition coefficient (Wildman–Crippen LogP) is 1.89. The van der Waals surface area contributed by atoms with Gasteiger partial charge in [-0.3, -0.25) is 14.4 Å². The summed E-state index contributed by atoms with van der Waals surface area (Å²) in [7, 11) is 1.88. The topological polar surface area (TPSA) is 63.3 Å². The zero-order chi connectivity index (χ0) is 15.9. The van der Waals surface area contributed by atoms with Crippen LogP contribution in [0.5, 0.6) is 0 Å². The number of nitrogens with one attached hydrogen (secondary N) is 1. The van der Waals surface area contributed by atoms with Gasteiger partial charge >= 0.3 is 0 Å². The third-order valence-electron chi connectivity index (χ3n) is 3.71. The molecule has 1 fully saturated rings. The highest BCUT2D eigenvalue weighted by Gasteiger charge is 2.31. The van der Waals surface area contributed by atoms with Crippen molar-refractivity contribution in [1.29, 1.82) is 0 Å². The average Bonchev–Trinajstić information content (AvgIpc) is 3.13. The standard InChI is InChI=1S/C15H16N4O2S/c1-9-12(10(2)18(3)17-9)7-13-14(20)19(15(22)16-13)8-11-5-4-6-21-11/h4-7H,8H2,1-3H3,(H,16,22)/b13-7+. The van der Waals surface area contributed by atoms with Crippen molar-refractivity contribution in [3.05, 3.63) is 46.8 Å². The van der Waals surface area contributed by atoms with E-state index in [0.29, 0.717) is 23.1 Å². The molecule has 0 unspecified atom stereocenters. The van der Waals surface area contributed by atoms with Crippen molar-refractivity contribution in [2.45, 2.75) is 20.4 Å². The molecule has 3 heterocycles. The van der Waals surface area contributed by atoms with Crippen LogP contribution in [0.3, 0.4) is 0 Å². The molecule has 2 aromatic rings. The molecule has 0 aromatic carbocycles. The van der Waals surface area contributed by atoms with Gasteiger partial charge in [-0.25, -0.2) is 0 Å². The average molecular weight is 316 g/mol. The number of carbonyl (C=O) groups is 1. The number of thiocarbonyl (C=S) groups is 1. The summed E-state index contributed by atoms with van der Waals surface area (Å²) in [6.45, 7) is 4.20. The van der Waals surface area contributed by atoms with Crippen LogP contribution in [0.25, 0.3) is 6.08 Å². The number of nitrogens with zero attached hydrogens (tertiary/aromatic N) is 3. The molecule has 0 radical (unpaired) electrons. The van der Waals surface area contributed by atoms with E-state index in [4.69, 9.17) is 16.6 Å². The van der Waals surface area contributed by atoms with Gasteiger partial charge in [0.2, 0.25) is 0 Å². The number of carbonyl (C=O) groups excluding carboxylic acids is 1. The van der Waals surface area contributed by atoms with Gasteiger partial charge in [0.25, 0.3) is 5.91 Å². The maximum atomic E-state index is 12.5. The maximum absolute atomic E-state index is 12.5. The summed E-state index contributed by atoms with van der Waals surface area (Å²) >= 11 is 5.25. The Morgan fingerprint density at radius 1 is 1.45 bits per heavy atom. The van der Waals surface area contributed by atoms with Crippen LogP contribution in [-0.4, -0.2) is 25.7 Å². The molecule has 1 amide bonds. The second kappa shape index (κ2) is 5.42. The highest BCUT2D eigenvalue weighted by Crippen LogP contribution is 2.20. The van der Waals surface area contributed by atoms with Crippen molar-refractivity contribution in [2.75, 3.05) is 0 Å². The molecular weight excluding hydrogens is 300 g/mol. The fourth-order valence-electron chi connectivity index (χ4n) is 2.42. The van der Waals surface area contributed by atoms with Gasteiger partial charge in [-0.05, 0) is 44.3 Å². The number of hydrogen-bond acceptors (Lipinski definition) is 4. The Labute approximate surface area is 133 Å². The zero-order valence-electron chi connectivity index (χ0n) is 12.6. The van der Waals surface area contributed by atoms with Crippen LogP contribution in [0.15, 0.2) is 28.5 Å². The SMILES string of the molecule is Cc1nn(C)c(C)c1/C=C1/NC(=S)N(Cc2ccco2)C1=O. The molecule has 7 heteroatoms. The van der Waals surface area contributed by atoms with Crippen molar-refractivity contribution in [2.24, 2.45) is 7.05 Å². The van der Waals surface area contributed by atoms with Crippen LogP contribution in [0.4, 0.5) is 0 Å². The molecule has 1 saturated heterocycles. The molecule has 6 nitrogen and oxygen atoms in total. The van der Waals surface area contributed by atoms with E-state index in [-0.39, 0.29) is 5.91 Å². The predicted molar refractivity (Wildman–Crippen MR) is 85.7 cm³/mol. The van der Waals surface area contributed by atoms with Gasteiger partial charge in [0.1, 0.15) is 11.5 Å². The first kappa shape index (κ1) is 14.5. The molecule has 0 atom stereocenters. The molecule has 2 aromatic heterocycles. The Morgan fingerprint density at radius 2 is 2.23 bits per heavy atom. The summed E-state index contributed by atoms with van der Waals surface area (Å²) in [5, 5.41) is 7.70. The number of hydrogen-bond donors (Lipinski definition) is 1. The fourth-order valence-corrected chi connectivity index (χ4v) is 2.67. The molecule has 1 aliphatic rings. The molecule has 0 spiro atoms. The van der Waals surface area contributed by atoms with Crippen LogP contribution in [-0.2, 0) is 18.4 Å². The third kappa shape index (κ3) is 2.43. The van der Waals surface area contributed by atoms with Gasteiger partial charge in [0.05, 0.1) is 18.5 Å². The van der Waals surface area contributed by atoms with Gasteiger partial charge in [-0.1, -0.05) is 0 Å². The number of rotatable bonds is 3. The van der Waals surface area contributed by atoms with Crippen molar-refractivity contribution in [3.63, 3.8) is 0 Å². The van der Waals surface area contributed by atoms with Crippen molar-refractivity contribution in [3.8, 4) is 0 Å².